The van der Waals surface area contributed by atoms with Crippen LogP contribution >= 0.6 is 0 Å². The van der Waals surface area contributed by atoms with Crippen molar-refractivity contribution >= 4 is 21.4 Å². The molecular formula is C18H17F3N2O3S. The Labute approximate surface area is 154 Å². The molecule has 0 atom stereocenters. The van der Waals surface area contributed by atoms with Crippen LogP contribution in [0.1, 0.15) is 18.4 Å². The average Bonchev–Trinajstić information content (AvgIpc) is 2.60. The van der Waals surface area contributed by atoms with Crippen molar-refractivity contribution < 1.29 is 26.4 Å². The van der Waals surface area contributed by atoms with Gasteiger partial charge < -0.3 is 4.90 Å². The van der Waals surface area contributed by atoms with Gasteiger partial charge in [0.15, 0.2) is 15.6 Å². The van der Waals surface area contributed by atoms with E-state index in [1.54, 1.807) is 4.90 Å². The summed E-state index contributed by atoms with van der Waals surface area (Å²) >= 11 is 0. The number of pyridine rings is 1. The highest BCUT2D eigenvalue weighted by Gasteiger charge is 2.36. The maximum atomic E-state index is 13.6. The van der Waals surface area contributed by atoms with Crippen molar-refractivity contribution in [3.63, 3.8) is 0 Å². The summed E-state index contributed by atoms with van der Waals surface area (Å²) in [4.78, 5) is 17.4. The van der Waals surface area contributed by atoms with E-state index in [-0.39, 0.29) is 34.2 Å². The number of carbonyl (C=O) groups excluding carboxylic acids is 1. The quantitative estimate of drug-likeness (QED) is 0.793. The summed E-state index contributed by atoms with van der Waals surface area (Å²) in [5.74, 6) is 0.0174. The first-order chi connectivity index (χ1) is 12.6. The van der Waals surface area contributed by atoms with Gasteiger partial charge in [0.2, 0.25) is 0 Å². The number of rotatable bonds is 3. The Bertz CT molecular complexity index is 970. The van der Waals surface area contributed by atoms with E-state index in [2.05, 4.69) is 4.98 Å². The summed E-state index contributed by atoms with van der Waals surface area (Å²) < 4.78 is 64.1. The highest BCUT2D eigenvalue weighted by atomic mass is 32.2. The van der Waals surface area contributed by atoms with Gasteiger partial charge in [0.05, 0.1) is 17.0 Å². The van der Waals surface area contributed by atoms with Gasteiger partial charge in [0, 0.05) is 31.0 Å². The molecule has 1 aliphatic heterocycles. The van der Waals surface area contributed by atoms with Gasteiger partial charge in [-0.2, -0.15) is 13.2 Å². The number of nitrogens with zero attached hydrogens (tertiary/aromatic N) is 2. The molecule has 0 radical (unpaired) electrons. The van der Waals surface area contributed by atoms with Crippen molar-refractivity contribution in [3.05, 3.63) is 42.1 Å². The molecule has 1 aromatic carbocycles. The fourth-order valence-electron chi connectivity index (χ4n) is 3.10. The van der Waals surface area contributed by atoms with Crippen molar-refractivity contribution in [1.82, 2.24) is 4.98 Å². The Hall–Kier alpha value is -2.42. The molecule has 1 fully saturated rings. The van der Waals surface area contributed by atoms with Crippen LogP contribution in [0.3, 0.4) is 0 Å². The largest absolute Gasteiger partial charge is 0.417 e. The second-order valence-corrected chi connectivity index (χ2v) is 8.43. The van der Waals surface area contributed by atoms with Crippen LogP contribution in [-0.2, 0) is 20.8 Å². The van der Waals surface area contributed by atoms with E-state index in [1.165, 1.54) is 24.3 Å². The highest BCUT2D eigenvalue weighted by molar-refractivity contribution is 7.90. The summed E-state index contributed by atoms with van der Waals surface area (Å²) in [7, 11) is -3.47. The predicted octanol–water partition coefficient (Wildman–Crippen LogP) is 3.34. The minimum absolute atomic E-state index is 0.00271. The van der Waals surface area contributed by atoms with Gasteiger partial charge in [0.1, 0.15) is 5.82 Å². The first kappa shape index (κ1) is 19.3. The normalized spacial score (nSPS) is 15.9. The monoisotopic (exact) mass is 398 g/mol. The van der Waals surface area contributed by atoms with Crippen LogP contribution in [0.25, 0.3) is 11.1 Å². The van der Waals surface area contributed by atoms with Crippen LogP contribution in [0, 0.1) is 0 Å². The van der Waals surface area contributed by atoms with Crippen LogP contribution in [0.15, 0.2) is 41.4 Å². The lowest BCUT2D eigenvalue weighted by Crippen LogP contribution is -2.36. The highest BCUT2D eigenvalue weighted by Crippen LogP contribution is 2.41. The molecule has 9 heteroatoms. The molecule has 3 rings (SSSR count). The number of hydrogen-bond acceptors (Lipinski definition) is 5. The van der Waals surface area contributed by atoms with E-state index in [9.17, 15) is 26.4 Å². The lowest BCUT2D eigenvalue weighted by Gasteiger charge is -2.29. The molecule has 5 nitrogen and oxygen atoms in total. The number of anilines is 1. The minimum Gasteiger partial charge on any atom is -0.349 e. The number of alkyl halides is 3. The number of hydrogen-bond donors (Lipinski definition) is 0. The van der Waals surface area contributed by atoms with E-state index in [4.69, 9.17) is 0 Å². The van der Waals surface area contributed by atoms with Crippen LogP contribution in [0.2, 0.25) is 0 Å². The average molecular weight is 398 g/mol. The fourth-order valence-corrected chi connectivity index (χ4v) is 3.73. The second kappa shape index (κ2) is 6.95. The van der Waals surface area contributed by atoms with E-state index in [0.29, 0.717) is 19.4 Å². The number of sulfone groups is 1. The summed E-state index contributed by atoms with van der Waals surface area (Å²) in [6.07, 6.45) is -1.58. The first-order valence-electron chi connectivity index (χ1n) is 8.21. The molecule has 0 amide bonds. The maximum absolute atomic E-state index is 13.6. The molecule has 0 aliphatic carbocycles. The van der Waals surface area contributed by atoms with Gasteiger partial charge in [-0.1, -0.05) is 12.1 Å². The third kappa shape index (κ3) is 4.13. The maximum Gasteiger partial charge on any atom is 0.417 e. The second-order valence-electron chi connectivity index (χ2n) is 6.42. The molecule has 2 aromatic rings. The zero-order valence-electron chi connectivity index (χ0n) is 14.5. The molecule has 27 heavy (non-hydrogen) atoms. The molecule has 1 aliphatic rings. The minimum atomic E-state index is -4.62. The zero-order chi connectivity index (χ0) is 19.8. The number of Topliss-reactive ketones (excluding diaryl/α,β-unsaturated/α-hetero) is 1. The van der Waals surface area contributed by atoms with Gasteiger partial charge in [0.25, 0.3) is 0 Å². The molecule has 1 aromatic heterocycles. The van der Waals surface area contributed by atoms with Crippen molar-refractivity contribution in [1.29, 1.82) is 0 Å². The van der Waals surface area contributed by atoms with Crippen molar-refractivity contribution in [2.45, 2.75) is 23.9 Å². The molecule has 0 bridgehead atoms. The Kier molecular flexibility index (Phi) is 4.98. The lowest BCUT2D eigenvalue weighted by atomic mass is 9.98. The Balaban J connectivity index is 2.18. The fraction of sp³-hybridized carbons (Fsp3) is 0.333. The van der Waals surface area contributed by atoms with Crippen LogP contribution in [-0.4, -0.2) is 38.5 Å². The summed E-state index contributed by atoms with van der Waals surface area (Å²) in [5.41, 5.74) is -0.840. The smallest absolute Gasteiger partial charge is 0.349 e. The third-order valence-electron chi connectivity index (χ3n) is 4.36. The topological polar surface area (TPSA) is 67.3 Å². The number of ketones is 1. The number of halogens is 3. The molecule has 1 saturated heterocycles. The SMILES string of the molecule is CS(=O)(=O)c1ccc(-c2c(C(F)(F)F)ccnc2N2CCCC(=O)C2)cc1. The van der Waals surface area contributed by atoms with Gasteiger partial charge in [-0.15, -0.1) is 0 Å². The number of carbonyl (C=O) groups is 1. The molecule has 0 N–H and O–H groups in total. The number of piperidine rings is 1. The van der Waals surface area contributed by atoms with Crippen LogP contribution < -0.4 is 4.90 Å². The summed E-state index contributed by atoms with van der Waals surface area (Å²) in [5, 5.41) is 0. The summed E-state index contributed by atoms with van der Waals surface area (Å²) in [6.45, 7) is 0.428. The van der Waals surface area contributed by atoms with Gasteiger partial charge in [-0.25, -0.2) is 13.4 Å². The summed E-state index contributed by atoms with van der Waals surface area (Å²) in [6, 6.07) is 6.08. The van der Waals surface area contributed by atoms with Gasteiger partial charge >= 0.3 is 6.18 Å². The van der Waals surface area contributed by atoms with Gasteiger partial charge in [-0.3, -0.25) is 4.79 Å². The Morgan fingerprint density at radius 2 is 1.78 bits per heavy atom. The molecular weight excluding hydrogens is 381 g/mol. The first-order valence-corrected chi connectivity index (χ1v) is 10.1. The predicted molar refractivity (Wildman–Crippen MR) is 94.2 cm³/mol. The molecule has 0 saturated carbocycles. The molecule has 144 valence electrons. The molecule has 2 heterocycles. The van der Waals surface area contributed by atoms with E-state index in [0.717, 1.165) is 18.5 Å². The van der Waals surface area contributed by atoms with E-state index < -0.39 is 21.6 Å². The molecule has 0 unspecified atom stereocenters. The van der Waals surface area contributed by atoms with Crippen LogP contribution in [0.5, 0.6) is 0 Å². The van der Waals surface area contributed by atoms with E-state index >= 15 is 0 Å². The number of aromatic nitrogens is 1. The Morgan fingerprint density at radius 3 is 2.33 bits per heavy atom. The van der Waals surface area contributed by atoms with E-state index in [1.807, 2.05) is 0 Å². The van der Waals surface area contributed by atoms with Gasteiger partial charge in [-0.05, 0) is 30.2 Å². The zero-order valence-corrected chi connectivity index (χ0v) is 15.3. The van der Waals surface area contributed by atoms with Crippen LogP contribution in [0.4, 0.5) is 19.0 Å². The Morgan fingerprint density at radius 1 is 1.11 bits per heavy atom. The van der Waals surface area contributed by atoms with Crippen molar-refractivity contribution in [2.75, 3.05) is 24.2 Å². The van der Waals surface area contributed by atoms with Crippen molar-refractivity contribution in [3.8, 4) is 11.1 Å². The number of benzene rings is 1. The standard InChI is InChI=1S/C18H17F3N2O3S/c1-27(25,26)14-6-4-12(5-7-14)16-15(18(19,20)21)8-9-22-17(16)23-10-2-3-13(24)11-23/h4-9H,2-3,10-11H2,1H3. The molecule has 0 spiro atoms. The lowest BCUT2D eigenvalue weighted by molar-refractivity contribution is -0.137. The third-order valence-corrected chi connectivity index (χ3v) is 5.49. The van der Waals surface area contributed by atoms with Crippen molar-refractivity contribution in [2.24, 2.45) is 0 Å².